The van der Waals surface area contributed by atoms with Gasteiger partial charge in [-0.2, -0.15) is 0 Å². The SMILES string of the molecule is CC1(CN(CCO)Cc2ccc(Br)s2)CCNC1. The highest BCUT2D eigenvalue weighted by Crippen LogP contribution is 2.28. The van der Waals surface area contributed by atoms with Gasteiger partial charge in [-0.15, -0.1) is 11.3 Å². The van der Waals surface area contributed by atoms with Crippen molar-refractivity contribution in [2.75, 3.05) is 32.8 Å². The van der Waals surface area contributed by atoms with Gasteiger partial charge in [0, 0.05) is 31.1 Å². The van der Waals surface area contributed by atoms with Gasteiger partial charge in [0.2, 0.25) is 0 Å². The summed E-state index contributed by atoms with van der Waals surface area (Å²) in [6, 6.07) is 4.25. The lowest BCUT2D eigenvalue weighted by Crippen LogP contribution is -2.38. The number of thiophene rings is 1. The van der Waals surface area contributed by atoms with E-state index in [1.807, 2.05) is 0 Å². The molecule has 102 valence electrons. The van der Waals surface area contributed by atoms with Crippen molar-refractivity contribution in [1.82, 2.24) is 10.2 Å². The average molecular weight is 333 g/mol. The third-order valence-corrected chi connectivity index (χ3v) is 5.10. The monoisotopic (exact) mass is 332 g/mol. The van der Waals surface area contributed by atoms with E-state index in [1.54, 1.807) is 11.3 Å². The van der Waals surface area contributed by atoms with Crippen LogP contribution in [0.4, 0.5) is 0 Å². The highest BCUT2D eigenvalue weighted by molar-refractivity contribution is 9.11. The Kier molecular flexibility index (Phi) is 5.21. The van der Waals surface area contributed by atoms with Crippen molar-refractivity contribution in [2.24, 2.45) is 5.41 Å². The zero-order valence-electron chi connectivity index (χ0n) is 10.8. The second kappa shape index (κ2) is 6.48. The van der Waals surface area contributed by atoms with Gasteiger partial charge in [-0.25, -0.2) is 0 Å². The highest BCUT2D eigenvalue weighted by Gasteiger charge is 2.30. The largest absolute Gasteiger partial charge is 0.395 e. The topological polar surface area (TPSA) is 35.5 Å². The molecule has 1 aromatic heterocycles. The van der Waals surface area contributed by atoms with Crippen LogP contribution in [0.2, 0.25) is 0 Å². The molecule has 0 aliphatic carbocycles. The quantitative estimate of drug-likeness (QED) is 0.839. The van der Waals surface area contributed by atoms with Crippen molar-refractivity contribution in [3.05, 3.63) is 20.8 Å². The number of aliphatic hydroxyl groups is 1. The molecule has 0 spiro atoms. The first-order valence-electron chi connectivity index (χ1n) is 6.39. The van der Waals surface area contributed by atoms with Crippen molar-refractivity contribution in [1.29, 1.82) is 0 Å². The zero-order chi connectivity index (χ0) is 13.0. The number of hydrogen-bond acceptors (Lipinski definition) is 4. The number of halogens is 1. The summed E-state index contributed by atoms with van der Waals surface area (Å²) in [5, 5.41) is 12.6. The summed E-state index contributed by atoms with van der Waals surface area (Å²) in [5.41, 5.74) is 0.351. The highest BCUT2D eigenvalue weighted by atomic mass is 79.9. The molecule has 0 radical (unpaired) electrons. The maximum atomic E-state index is 9.21. The Morgan fingerprint density at radius 2 is 2.39 bits per heavy atom. The molecule has 2 heterocycles. The Morgan fingerprint density at radius 1 is 1.56 bits per heavy atom. The molecule has 1 atom stereocenters. The summed E-state index contributed by atoms with van der Waals surface area (Å²) in [6.07, 6.45) is 1.23. The summed E-state index contributed by atoms with van der Waals surface area (Å²) in [7, 11) is 0. The van der Waals surface area contributed by atoms with E-state index in [-0.39, 0.29) is 6.61 Å². The van der Waals surface area contributed by atoms with E-state index < -0.39 is 0 Å². The summed E-state index contributed by atoms with van der Waals surface area (Å²) < 4.78 is 1.18. The molecule has 2 rings (SSSR count). The van der Waals surface area contributed by atoms with Crippen LogP contribution < -0.4 is 5.32 Å². The molecule has 1 fully saturated rings. The molecule has 1 saturated heterocycles. The second-order valence-corrected chi connectivity index (χ2v) is 7.93. The van der Waals surface area contributed by atoms with Crippen LogP contribution in [0.3, 0.4) is 0 Å². The van der Waals surface area contributed by atoms with Gasteiger partial charge in [0.1, 0.15) is 0 Å². The fraction of sp³-hybridized carbons (Fsp3) is 0.692. The van der Waals surface area contributed by atoms with Gasteiger partial charge in [0.05, 0.1) is 10.4 Å². The Labute approximate surface area is 121 Å². The first-order chi connectivity index (χ1) is 8.61. The van der Waals surface area contributed by atoms with Crippen LogP contribution in [0.15, 0.2) is 15.9 Å². The van der Waals surface area contributed by atoms with Gasteiger partial charge in [0.15, 0.2) is 0 Å². The van der Waals surface area contributed by atoms with E-state index in [1.165, 1.54) is 15.1 Å². The van der Waals surface area contributed by atoms with Gasteiger partial charge < -0.3 is 10.4 Å². The van der Waals surface area contributed by atoms with Gasteiger partial charge in [0.25, 0.3) is 0 Å². The number of nitrogens with zero attached hydrogens (tertiary/aromatic N) is 1. The summed E-state index contributed by atoms with van der Waals surface area (Å²) in [5.74, 6) is 0. The normalized spacial score (nSPS) is 24.0. The van der Waals surface area contributed by atoms with E-state index in [2.05, 4.69) is 45.2 Å². The van der Waals surface area contributed by atoms with E-state index in [0.717, 1.165) is 32.7 Å². The molecule has 1 unspecified atom stereocenters. The summed E-state index contributed by atoms with van der Waals surface area (Å²) in [4.78, 5) is 3.72. The molecular weight excluding hydrogens is 312 g/mol. The molecule has 1 aliphatic rings. The standard InChI is InChI=1S/C13H21BrN2OS/c1-13(4-5-15-9-13)10-16(6-7-17)8-11-2-3-12(14)18-11/h2-3,15,17H,4-10H2,1H3. The molecular formula is C13H21BrN2OS. The van der Waals surface area contributed by atoms with Crippen LogP contribution in [-0.4, -0.2) is 42.8 Å². The third-order valence-electron chi connectivity index (χ3n) is 3.49. The lowest BCUT2D eigenvalue weighted by molar-refractivity contribution is 0.138. The average Bonchev–Trinajstić information content (AvgIpc) is 2.89. The van der Waals surface area contributed by atoms with Crippen molar-refractivity contribution in [3.8, 4) is 0 Å². The molecule has 5 heteroatoms. The van der Waals surface area contributed by atoms with Crippen LogP contribution >= 0.6 is 27.3 Å². The molecule has 0 saturated carbocycles. The van der Waals surface area contributed by atoms with Gasteiger partial charge >= 0.3 is 0 Å². The summed E-state index contributed by atoms with van der Waals surface area (Å²) in [6.45, 7) is 7.52. The summed E-state index contributed by atoms with van der Waals surface area (Å²) >= 11 is 5.28. The Balaban J connectivity index is 1.94. The minimum atomic E-state index is 0.232. The molecule has 3 nitrogen and oxygen atoms in total. The predicted molar refractivity (Wildman–Crippen MR) is 80.0 cm³/mol. The first-order valence-corrected chi connectivity index (χ1v) is 8.00. The maximum Gasteiger partial charge on any atom is 0.0701 e. The number of aliphatic hydroxyl groups excluding tert-OH is 1. The molecule has 0 bridgehead atoms. The third kappa shape index (κ3) is 4.03. The van der Waals surface area contributed by atoms with E-state index in [4.69, 9.17) is 0 Å². The zero-order valence-corrected chi connectivity index (χ0v) is 13.2. The van der Waals surface area contributed by atoms with Crippen LogP contribution in [0, 0.1) is 5.41 Å². The van der Waals surface area contributed by atoms with E-state index >= 15 is 0 Å². The maximum absolute atomic E-state index is 9.21. The fourth-order valence-corrected chi connectivity index (χ4v) is 4.08. The van der Waals surface area contributed by atoms with Crippen LogP contribution in [0.1, 0.15) is 18.2 Å². The van der Waals surface area contributed by atoms with Crippen LogP contribution in [0.5, 0.6) is 0 Å². The molecule has 18 heavy (non-hydrogen) atoms. The van der Waals surface area contributed by atoms with Gasteiger partial charge in [-0.05, 0) is 46.4 Å². The Morgan fingerprint density at radius 3 is 2.94 bits per heavy atom. The molecule has 2 N–H and O–H groups in total. The number of hydrogen-bond donors (Lipinski definition) is 2. The fourth-order valence-electron chi connectivity index (χ4n) is 2.56. The molecule has 0 amide bonds. The number of rotatable bonds is 6. The Bertz CT molecular complexity index is 377. The van der Waals surface area contributed by atoms with Crippen molar-refractivity contribution >= 4 is 27.3 Å². The minimum absolute atomic E-state index is 0.232. The molecule has 1 aliphatic heterocycles. The van der Waals surface area contributed by atoms with E-state index in [9.17, 15) is 5.11 Å². The van der Waals surface area contributed by atoms with Gasteiger partial charge in [-0.1, -0.05) is 6.92 Å². The van der Waals surface area contributed by atoms with Crippen molar-refractivity contribution < 1.29 is 5.11 Å². The molecule has 1 aromatic rings. The van der Waals surface area contributed by atoms with Gasteiger partial charge in [-0.3, -0.25) is 4.90 Å². The van der Waals surface area contributed by atoms with E-state index in [0.29, 0.717) is 5.41 Å². The lowest BCUT2D eigenvalue weighted by Gasteiger charge is -2.31. The van der Waals surface area contributed by atoms with Crippen LogP contribution in [-0.2, 0) is 6.54 Å². The van der Waals surface area contributed by atoms with Crippen molar-refractivity contribution in [3.63, 3.8) is 0 Å². The number of nitrogens with one attached hydrogen (secondary N) is 1. The smallest absolute Gasteiger partial charge is 0.0701 e. The van der Waals surface area contributed by atoms with Crippen LogP contribution in [0.25, 0.3) is 0 Å². The molecule has 0 aromatic carbocycles. The van der Waals surface area contributed by atoms with Crippen molar-refractivity contribution in [2.45, 2.75) is 19.9 Å². The lowest BCUT2D eigenvalue weighted by atomic mass is 9.89. The second-order valence-electron chi connectivity index (χ2n) is 5.38. The predicted octanol–water partition coefficient (Wildman–Crippen LogP) is 2.30. The Hall–Kier alpha value is 0.0600. The minimum Gasteiger partial charge on any atom is -0.395 e. The first kappa shape index (κ1) is 14.5.